The summed E-state index contributed by atoms with van der Waals surface area (Å²) in [6.07, 6.45) is -9.86. The van der Waals surface area contributed by atoms with Crippen molar-refractivity contribution in [2.45, 2.75) is 22.5 Å². The third-order valence-electron chi connectivity index (χ3n) is 6.12. The van der Waals surface area contributed by atoms with Crippen molar-refractivity contribution < 1.29 is 62.2 Å². The number of Topliss-reactive ketones (excluding diaryl/α,β-unsaturated/α-hetero) is 2. The predicted octanol–water partition coefficient (Wildman–Crippen LogP) is 7.53. The number of rotatable bonds is 15. The lowest BCUT2D eigenvalue weighted by molar-refractivity contribution is -0.275. The Morgan fingerprint density at radius 1 is 0.520 bits per heavy atom. The smallest absolute Gasteiger partial charge is 0.406 e. The van der Waals surface area contributed by atoms with E-state index in [2.05, 4.69) is 18.9 Å². The minimum atomic E-state index is -4.93. The van der Waals surface area contributed by atoms with Gasteiger partial charge in [0.1, 0.15) is 11.5 Å². The number of anilines is 2. The van der Waals surface area contributed by atoms with Gasteiger partial charge >= 0.3 is 12.7 Å². The van der Waals surface area contributed by atoms with Gasteiger partial charge in [0.25, 0.3) is 20.0 Å². The number of carbonyl (C=O) groups is 2. The van der Waals surface area contributed by atoms with Crippen LogP contribution in [0, 0.1) is 0 Å². The zero-order chi connectivity index (χ0) is 36.7. The van der Waals surface area contributed by atoms with Crippen molar-refractivity contribution in [1.29, 1.82) is 0 Å². The van der Waals surface area contributed by atoms with Crippen LogP contribution in [0.1, 0.15) is 20.7 Å². The van der Waals surface area contributed by atoms with Gasteiger partial charge in [-0.1, -0.05) is 21.6 Å². The molecule has 0 aliphatic heterocycles. The summed E-state index contributed by atoms with van der Waals surface area (Å²) in [5.74, 6) is -1.87. The van der Waals surface area contributed by atoms with E-state index in [0.717, 1.165) is 70.1 Å². The van der Waals surface area contributed by atoms with Crippen molar-refractivity contribution in [2.24, 2.45) is 0 Å². The lowest BCUT2D eigenvalue weighted by atomic mass is 10.1. The van der Waals surface area contributed by atoms with Crippen LogP contribution in [0.2, 0.25) is 0 Å². The van der Waals surface area contributed by atoms with Crippen LogP contribution in [-0.2, 0) is 20.0 Å². The molecule has 0 amide bonds. The number of benzene rings is 4. The fraction of sp³-hybridized carbons (Fsp3) is 0.133. The van der Waals surface area contributed by atoms with Crippen molar-refractivity contribution in [1.82, 2.24) is 0 Å². The third kappa shape index (κ3) is 11.6. The highest BCUT2D eigenvalue weighted by Crippen LogP contribution is 2.28. The van der Waals surface area contributed by atoms with Gasteiger partial charge in [0, 0.05) is 22.5 Å². The van der Waals surface area contributed by atoms with E-state index in [1.54, 1.807) is 0 Å². The minimum Gasteiger partial charge on any atom is -0.406 e. The zero-order valence-electron chi connectivity index (χ0n) is 24.8. The van der Waals surface area contributed by atoms with Gasteiger partial charge < -0.3 is 9.47 Å². The van der Waals surface area contributed by atoms with Gasteiger partial charge in [-0.2, -0.15) is 0 Å². The summed E-state index contributed by atoms with van der Waals surface area (Å²) in [5.41, 5.74) is 0.698. The number of alkyl halides is 6. The second-order valence-electron chi connectivity index (χ2n) is 9.77. The first-order valence-electron chi connectivity index (χ1n) is 13.6. The molecule has 0 unspecified atom stereocenters. The molecule has 0 aliphatic rings. The number of nitrogens with one attached hydrogen (secondary N) is 2. The lowest BCUT2D eigenvalue weighted by Crippen LogP contribution is -2.17. The molecule has 4 aromatic carbocycles. The van der Waals surface area contributed by atoms with Crippen LogP contribution >= 0.6 is 21.6 Å². The van der Waals surface area contributed by atoms with Gasteiger partial charge in [0.2, 0.25) is 0 Å². The Hall–Kier alpha value is -4.40. The molecular weight excluding hydrogens is 759 g/mol. The molecular formula is C30H22F6N2O8S4. The lowest BCUT2D eigenvalue weighted by Gasteiger charge is -2.11. The molecule has 0 radical (unpaired) electrons. The van der Waals surface area contributed by atoms with Crippen LogP contribution in [0.25, 0.3) is 0 Å². The molecule has 0 aromatic heterocycles. The van der Waals surface area contributed by atoms with E-state index in [1.165, 1.54) is 48.5 Å². The summed E-state index contributed by atoms with van der Waals surface area (Å²) in [5, 5.41) is 0. The number of hydrogen-bond acceptors (Lipinski definition) is 10. The average molecular weight is 781 g/mol. The summed E-state index contributed by atoms with van der Waals surface area (Å²) in [4.78, 5) is 24.5. The van der Waals surface area contributed by atoms with E-state index in [1.807, 2.05) is 0 Å². The van der Waals surface area contributed by atoms with Crippen LogP contribution in [-0.4, -0.2) is 52.6 Å². The average Bonchev–Trinajstić information content (AvgIpc) is 3.02. The molecule has 10 nitrogen and oxygen atoms in total. The summed E-state index contributed by atoms with van der Waals surface area (Å²) in [6, 6.07) is 18.0. The van der Waals surface area contributed by atoms with Gasteiger partial charge in [-0.3, -0.25) is 19.0 Å². The molecule has 20 heteroatoms. The van der Waals surface area contributed by atoms with Crippen molar-refractivity contribution in [3.05, 3.63) is 108 Å². The van der Waals surface area contributed by atoms with Crippen LogP contribution in [0.3, 0.4) is 0 Å². The van der Waals surface area contributed by atoms with Gasteiger partial charge in [0.15, 0.2) is 11.6 Å². The van der Waals surface area contributed by atoms with Gasteiger partial charge in [0.05, 0.1) is 21.3 Å². The third-order valence-corrected chi connectivity index (χ3v) is 11.0. The van der Waals surface area contributed by atoms with Gasteiger partial charge in [-0.25, -0.2) is 16.8 Å². The second-order valence-corrected chi connectivity index (χ2v) is 15.6. The summed E-state index contributed by atoms with van der Waals surface area (Å²) in [6.45, 7) is 0. The molecule has 266 valence electrons. The SMILES string of the molecule is O=C(CSSCC(=O)c1ccc(NS(=O)(=O)c2ccc(OC(F)(F)F)cc2)cc1)c1ccc(NS(=O)(=O)c2ccc(OC(F)(F)F)cc2)cc1. The standard InChI is InChI=1S/C30H22F6N2O8S4/c31-29(32,33)45-23-9-13-25(14-10-23)49(41,42)37-21-5-1-19(2-6-21)27(39)17-47-48-18-28(40)20-3-7-22(8-4-20)38-50(43,44)26-15-11-24(12-16-26)46-30(34,35)36/h1-16,37-38H,17-18H2. The normalized spacial score (nSPS) is 12.2. The first-order chi connectivity index (χ1) is 23.3. The van der Waals surface area contributed by atoms with E-state index < -0.39 is 44.3 Å². The summed E-state index contributed by atoms with van der Waals surface area (Å²) >= 11 is 0. The minimum absolute atomic E-state index is 0.0284. The van der Waals surface area contributed by atoms with Crippen LogP contribution in [0.5, 0.6) is 11.5 Å². The highest BCUT2D eigenvalue weighted by atomic mass is 33.1. The molecule has 4 aromatic rings. The fourth-order valence-corrected chi connectivity index (χ4v) is 7.85. The molecule has 0 heterocycles. The van der Waals surface area contributed by atoms with Crippen molar-refractivity contribution in [3.63, 3.8) is 0 Å². The van der Waals surface area contributed by atoms with Crippen LogP contribution in [0.4, 0.5) is 37.7 Å². The Morgan fingerprint density at radius 3 is 1.10 bits per heavy atom. The molecule has 4 rings (SSSR count). The number of halogens is 6. The summed E-state index contributed by atoms with van der Waals surface area (Å²) < 4.78 is 136. The molecule has 50 heavy (non-hydrogen) atoms. The zero-order valence-corrected chi connectivity index (χ0v) is 28.1. The Kier molecular flexibility index (Phi) is 12.0. The monoisotopic (exact) mass is 780 g/mol. The quantitative estimate of drug-likeness (QED) is 0.0538. The molecule has 0 bridgehead atoms. The van der Waals surface area contributed by atoms with Crippen LogP contribution in [0.15, 0.2) is 107 Å². The highest BCUT2D eigenvalue weighted by Gasteiger charge is 2.32. The highest BCUT2D eigenvalue weighted by molar-refractivity contribution is 8.77. The molecule has 0 saturated carbocycles. The fourth-order valence-electron chi connectivity index (χ4n) is 3.87. The van der Waals surface area contributed by atoms with E-state index >= 15 is 0 Å². The Bertz CT molecular complexity index is 1880. The van der Waals surface area contributed by atoms with Crippen molar-refractivity contribution >= 4 is 64.6 Å². The number of ether oxygens (including phenoxy) is 2. The summed E-state index contributed by atoms with van der Waals surface area (Å²) in [7, 11) is -6.12. The topological polar surface area (TPSA) is 145 Å². The van der Waals surface area contributed by atoms with Crippen molar-refractivity contribution in [2.75, 3.05) is 20.9 Å². The Morgan fingerprint density at radius 2 is 0.820 bits per heavy atom. The van der Waals surface area contributed by atoms with Crippen molar-refractivity contribution in [3.8, 4) is 11.5 Å². The first-order valence-corrected chi connectivity index (χ1v) is 19.0. The molecule has 0 aliphatic carbocycles. The maximum Gasteiger partial charge on any atom is 0.573 e. The maximum absolute atomic E-state index is 12.6. The molecule has 0 saturated heterocycles. The maximum atomic E-state index is 12.6. The number of carbonyl (C=O) groups excluding carboxylic acids is 2. The largest absolute Gasteiger partial charge is 0.573 e. The number of hydrogen-bond donors (Lipinski definition) is 2. The van der Waals surface area contributed by atoms with E-state index in [9.17, 15) is 52.8 Å². The predicted molar refractivity (Wildman–Crippen MR) is 174 cm³/mol. The van der Waals surface area contributed by atoms with Gasteiger partial charge in [-0.15, -0.1) is 26.3 Å². The Labute approximate surface area is 289 Å². The van der Waals surface area contributed by atoms with E-state index in [0.29, 0.717) is 0 Å². The number of sulfonamides is 2. The number of ketones is 2. The molecule has 2 N–H and O–H groups in total. The second kappa shape index (κ2) is 15.7. The van der Waals surface area contributed by atoms with E-state index in [4.69, 9.17) is 0 Å². The molecule has 0 atom stereocenters. The first kappa shape index (κ1) is 38.4. The van der Waals surface area contributed by atoms with E-state index in [-0.39, 0.29) is 55.4 Å². The Balaban J connectivity index is 1.22. The molecule has 0 spiro atoms. The van der Waals surface area contributed by atoms with Gasteiger partial charge in [-0.05, 0) is 97.1 Å². The molecule has 0 fully saturated rings. The van der Waals surface area contributed by atoms with Crippen LogP contribution < -0.4 is 18.9 Å².